The van der Waals surface area contributed by atoms with Crippen molar-refractivity contribution >= 4 is 22.1 Å². The van der Waals surface area contributed by atoms with E-state index in [0.717, 1.165) is 11.5 Å². The summed E-state index contributed by atoms with van der Waals surface area (Å²) in [5.41, 5.74) is 0. The molecule has 0 aliphatic carbocycles. The van der Waals surface area contributed by atoms with Crippen molar-refractivity contribution in [1.29, 1.82) is 0 Å². The van der Waals surface area contributed by atoms with Crippen molar-refractivity contribution < 1.29 is 8.78 Å². The highest BCUT2D eigenvalue weighted by Crippen LogP contribution is 2.23. The van der Waals surface area contributed by atoms with Gasteiger partial charge in [-0.25, -0.2) is 8.78 Å². The van der Waals surface area contributed by atoms with Gasteiger partial charge in [-0.3, -0.25) is 0 Å². The van der Waals surface area contributed by atoms with Crippen LogP contribution in [0.2, 0.25) is 0 Å². The number of rotatable bonds is 0. The summed E-state index contributed by atoms with van der Waals surface area (Å²) in [5.74, 6) is -1.53. The lowest BCUT2D eigenvalue weighted by molar-refractivity contribution is 0.517. The standard InChI is InChI=1S/C8H4F2S/c9-7-2-1-5-3-11-4-6(5)8(7)10/h1-4H. The highest BCUT2D eigenvalue weighted by molar-refractivity contribution is 7.09. The molecular formula is C8H4F2S. The second-order valence-electron chi connectivity index (χ2n) is 2.24. The van der Waals surface area contributed by atoms with E-state index in [9.17, 15) is 8.78 Å². The van der Waals surface area contributed by atoms with Crippen LogP contribution in [0.1, 0.15) is 0 Å². The Morgan fingerprint density at radius 2 is 1.91 bits per heavy atom. The Labute approximate surface area is 66.1 Å². The van der Waals surface area contributed by atoms with Gasteiger partial charge >= 0.3 is 0 Å². The first-order valence-electron chi connectivity index (χ1n) is 3.09. The minimum atomic E-state index is -0.782. The molecule has 0 spiro atoms. The number of hydrogen-bond acceptors (Lipinski definition) is 1. The molecule has 0 saturated carbocycles. The molecule has 0 N–H and O–H groups in total. The van der Waals surface area contributed by atoms with Gasteiger partial charge in [0.1, 0.15) is 0 Å². The highest BCUT2D eigenvalue weighted by Gasteiger charge is 2.05. The predicted octanol–water partition coefficient (Wildman–Crippen LogP) is 3.18. The number of halogens is 2. The molecule has 0 fully saturated rings. The largest absolute Gasteiger partial charge is 0.204 e. The summed E-state index contributed by atoms with van der Waals surface area (Å²) in [6, 6.07) is 2.72. The van der Waals surface area contributed by atoms with Crippen molar-refractivity contribution in [2.45, 2.75) is 0 Å². The van der Waals surface area contributed by atoms with E-state index < -0.39 is 11.6 Å². The van der Waals surface area contributed by atoms with Crippen LogP contribution in [-0.4, -0.2) is 0 Å². The van der Waals surface area contributed by atoms with Crippen LogP contribution in [-0.2, 0) is 0 Å². The molecule has 1 aromatic heterocycles. The van der Waals surface area contributed by atoms with Crippen molar-refractivity contribution in [2.24, 2.45) is 0 Å². The fourth-order valence-electron chi connectivity index (χ4n) is 0.979. The molecule has 3 heteroatoms. The third kappa shape index (κ3) is 0.922. The lowest BCUT2D eigenvalue weighted by atomic mass is 10.2. The quantitative estimate of drug-likeness (QED) is 0.569. The zero-order valence-corrected chi connectivity index (χ0v) is 6.29. The molecule has 0 saturated heterocycles. The van der Waals surface area contributed by atoms with Crippen molar-refractivity contribution in [3.63, 3.8) is 0 Å². The molecule has 0 bridgehead atoms. The van der Waals surface area contributed by atoms with Crippen molar-refractivity contribution in [1.82, 2.24) is 0 Å². The van der Waals surface area contributed by atoms with Crippen LogP contribution in [0.4, 0.5) is 8.78 Å². The topological polar surface area (TPSA) is 0 Å². The molecule has 0 nitrogen and oxygen atoms in total. The van der Waals surface area contributed by atoms with Gasteiger partial charge in [0.25, 0.3) is 0 Å². The summed E-state index contributed by atoms with van der Waals surface area (Å²) in [5, 5.41) is 4.52. The van der Waals surface area contributed by atoms with Gasteiger partial charge in [-0.15, -0.1) is 0 Å². The van der Waals surface area contributed by atoms with Crippen LogP contribution in [0, 0.1) is 11.6 Å². The van der Waals surface area contributed by atoms with E-state index in [1.54, 1.807) is 16.8 Å². The SMILES string of the molecule is Fc1ccc2cscc2c1F. The molecule has 0 atom stereocenters. The van der Waals surface area contributed by atoms with Crippen LogP contribution in [0.25, 0.3) is 10.8 Å². The summed E-state index contributed by atoms with van der Waals surface area (Å²) in [7, 11) is 0. The maximum absolute atomic E-state index is 12.9. The maximum atomic E-state index is 12.9. The lowest BCUT2D eigenvalue weighted by Gasteiger charge is -1.92. The van der Waals surface area contributed by atoms with Crippen molar-refractivity contribution in [3.8, 4) is 0 Å². The summed E-state index contributed by atoms with van der Waals surface area (Å²) in [6.07, 6.45) is 0. The van der Waals surface area contributed by atoms with Crippen LogP contribution in [0.5, 0.6) is 0 Å². The lowest BCUT2D eigenvalue weighted by Crippen LogP contribution is -1.81. The first kappa shape index (κ1) is 6.73. The molecular weight excluding hydrogens is 166 g/mol. The Bertz CT molecular complexity index is 392. The minimum absolute atomic E-state index is 0.370. The second kappa shape index (κ2) is 2.27. The van der Waals surface area contributed by atoms with Crippen LogP contribution >= 0.6 is 11.3 Å². The molecule has 0 amide bonds. The molecule has 1 heterocycles. The smallest absolute Gasteiger partial charge is 0.167 e. The Morgan fingerprint density at radius 1 is 1.09 bits per heavy atom. The molecule has 56 valence electrons. The first-order chi connectivity index (χ1) is 5.29. The zero-order valence-electron chi connectivity index (χ0n) is 5.47. The van der Waals surface area contributed by atoms with Crippen LogP contribution < -0.4 is 0 Å². The maximum Gasteiger partial charge on any atom is 0.167 e. The Balaban J connectivity index is 2.93. The van der Waals surface area contributed by atoms with Crippen LogP contribution in [0.3, 0.4) is 0 Å². The highest BCUT2D eigenvalue weighted by atomic mass is 32.1. The van der Waals surface area contributed by atoms with E-state index in [0.29, 0.717) is 5.39 Å². The number of hydrogen-bond donors (Lipinski definition) is 0. The van der Waals surface area contributed by atoms with Gasteiger partial charge in [-0.2, -0.15) is 11.3 Å². The first-order valence-corrected chi connectivity index (χ1v) is 4.03. The van der Waals surface area contributed by atoms with Gasteiger partial charge in [-0.05, 0) is 16.8 Å². The second-order valence-corrected chi connectivity index (χ2v) is 2.98. The van der Waals surface area contributed by atoms with Gasteiger partial charge in [-0.1, -0.05) is 6.07 Å². The monoisotopic (exact) mass is 170 g/mol. The van der Waals surface area contributed by atoms with Gasteiger partial charge < -0.3 is 0 Å². The molecule has 1 aromatic carbocycles. The Hall–Kier alpha value is -0.960. The molecule has 2 rings (SSSR count). The van der Waals surface area contributed by atoms with Crippen LogP contribution in [0.15, 0.2) is 22.9 Å². The molecule has 0 aliphatic rings. The summed E-state index contributed by atoms with van der Waals surface area (Å²) < 4.78 is 25.4. The average molecular weight is 170 g/mol. The van der Waals surface area contributed by atoms with E-state index in [2.05, 4.69) is 0 Å². The number of thiophene rings is 1. The van der Waals surface area contributed by atoms with Crippen molar-refractivity contribution in [3.05, 3.63) is 34.5 Å². The van der Waals surface area contributed by atoms with Gasteiger partial charge in [0, 0.05) is 10.8 Å². The Morgan fingerprint density at radius 3 is 2.73 bits per heavy atom. The predicted molar refractivity (Wildman–Crippen MR) is 41.7 cm³/mol. The summed E-state index contributed by atoms with van der Waals surface area (Å²) in [6.45, 7) is 0. The number of fused-ring (bicyclic) bond motifs is 1. The molecule has 0 aliphatic heterocycles. The van der Waals surface area contributed by atoms with E-state index >= 15 is 0 Å². The van der Waals surface area contributed by atoms with Gasteiger partial charge in [0.15, 0.2) is 11.6 Å². The Kier molecular flexibility index (Phi) is 1.39. The van der Waals surface area contributed by atoms with E-state index in [1.165, 1.54) is 11.3 Å². The molecule has 11 heavy (non-hydrogen) atoms. The number of benzene rings is 1. The summed E-state index contributed by atoms with van der Waals surface area (Å²) >= 11 is 1.37. The van der Waals surface area contributed by atoms with Gasteiger partial charge in [0.2, 0.25) is 0 Å². The minimum Gasteiger partial charge on any atom is -0.204 e. The molecule has 0 unspecified atom stereocenters. The molecule has 2 aromatic rings. The third-order valence-corrected chi connectivity index (χ3v) is 2.31. The fourth-order valence-corrected chi connectivity index (χ4v) is 1.77. The van der Waals surface area contributed by atoms with Gasteiger partial charge in [0.05, 0.1) is 0 Å². The zero-order chi connectivity index (χ0) is 7.84. The van der Waals surface area contributed by atoms with E-state index in [-0.39, 0.29) is 0 Å². The average Bonchev–Trinajstić information content (AvgIpc) is 2.45. The van der Waals surface area contributed by atoms with E-state index in [1.807, 2.05) is 0 Å². The van der Waals surface area contributed by atoms with Crippen molar-refractivity contribution in [2.75, 3.05) is 0 Å². The van der Waals surface area contributed by atoms with E-state index in [4.69, 9.17) is 0 Å². The third-order valence-electron chi connectivity index (χ3n) is 1.55. The summed E-state index contributed by atoms with van der Waals surface area (Å²) in [4.78, 5) is 0. The fraction of sp³-hybridized carbons (Fsp3) is 0. The molecule has 0 radical (unpaired) electrons. The normalized spacial score (nSPS) is 10.7.